The van der Waals surface area contributed by atoms with Gasteiger partial charge in [0.1, 0.15) is 11.4 Å². The lowest BCUT2D eigenvalue weighted by atomic mass is 9.96. The maximum absolute atomic E-state index is 12.4. The highest BCUT2D eigenvalue weighted by Crippen LogP contribution is 2.26. The molecule has 25 heavy (non-hydrogen) atoms. The van der Waals surface area contributed by atoms with Gasteiger partial charge in [-0.3, -0.25) is 13.8 Å². The average molecular weight is 377 g/mol. The molecule has 0 radical (unpaired) electrons. The summed E-state index contributed by atoms with van der Waals surface area (Å²) in [5.74, 6) is -2.26. The van der Waals surface area contributed by atoms with Crippen LogP contribution in [0.3, 0.4) is 0 Å². The number of anilines is 1. The number of nitrogens with two attached hydrogens (primary N) is 1. The maximum atomic E-state index is 12.4. The van der Waals surface area contributed by atoms with Gasteiger partial charge in [0, 0.05) is 19.0 Å². The number of rotatable bonds is 10. The second kappa shape index (κ2) is 9.97. The minimum absolute atomic E-state index is 0.0552. The van der Waals surface area contributed by atoms with Gasteiger partial charge in [-0.1, -0.05) is 6.92 Å². The monoisotopic (exact) mass is 376 g/mol. The minimum atomic E-state index is -0.936. The molecule has 0 aliphatic heterocycles. The number of esters is 1. The second-order valence-electron chi connectivity index (χ2n) is 5.17. The van der Waals surface area contributed by atoms with E-state index >= 15 is 0 Å². The third-order valence-electron chi connectivity index (χ3n) is 3.59. The van der Waals surface area contributed by atoms with E-state index in [4.69, 9.17) is 22.1 Å². The maximum Gasteiger partial charge on any atom is 0.349 e. The molecule has 1 rings (SSSR count). The van der Waals surface area contributed by atoms with Crippen LogP contribution in [0.2, 0.25) is 0 Å². The number of carbonyl (C=O) groups is 2. The standard InChI is InChI=1S/C15H22ClFN4O4/c1-3-9(12(18)22)11-10(14(23)25-2)13(19-7-4-6-17)21(8-5-16)15(24)20-11/h9,19H,3-8H2,1-2H3,(H2,18,22). The summed E-state index contributed by atoms with van der Waals surface area (Å²) in [5, 5.41) is 2.85. The fourth-order valence-corrected chi connectivity index (χ4v) is 2.57. The molecule has 0 aliphatic carbocycles. The third kappa shape index (κ3) is 4.91. The molecule has 1 atom stereocenters. The van der Waals surface area contributed by atoms with Crippen LogP contribution in [-0.4, -0.2) is 47.6 Å². The first-order valence-corrected chi connectivity index (χ1v) is 8.34. The Hall–Kier alpha value is -2.16. The smallest absolute Gasteiger partial charge is 0.349 e. The van der Waals surface area contributed by atoms with Crippen LogP contribution in [0.4, 0.5) is 10.2 Å². The van der Waals surface area contributed by atoms with Gasteiger partial charge in [0.2, 0.25) is 5.91 Å². The SMILES string of the molecule is CCC(C(N)=O)c1nc(=O)n(CCCl)c(NCCCF)c1C(=O)OC. The first-order valence-electron chi connectivity index (χ1n) is 7.80. The Morgan fingerprint density at radius 3 is 2.64 bits per heavy atom. The molecule has 1 heterocycles. The fourth-order valence-electron chi connectivity index (χ4n) is 2.41. The normalized spacial score (nSPS) is 11.8. The summed E-state index contributed by atoms with van der Waals surface area (Å²) < 4.78 is 18.4. The molecule has 0 saturated heterocycles. The predicted octanol–water partition coefficient (Wildman–Crippen LogP) is 1.02. The third-order valence-corrected chi connectivity index (χ3v) is 3.76. The number of carbonyl (C=O) groups excluding carboxylic acids is 2. The Bertz CT molecular complexity index is 680. The number of primary amides is 1. The van der Waals surface area contributed by atoms with E-state index in [1.54, 1.807) is 6.92 Å². The molecular weight excluding hydrogens is 355 g/mol. The summed E-state index contributed by atoms with van der Waals surface area (Å²) in [5.41, 5.74) is 4.56. The van der Waals surface area contributed by atoms with Gasteiger partial charge in [0.15, 0.2) is 0 Å². The number of alkyl halides is 2. The van der Waals surface area contributed by atoms with Crippen molar-refractivity contribution in [3.05, 3.63) is 21.7 Å². The summed E-state index contributed by atoms with van der Waals surface area (Å²) >= 11 is 5.72. The van der Waals surface area contributed by atoms with E-state index in [0.717, 1.165) is 4.57 Å². The first-order chi connectivity index (χ1) is 11.9. The van der Waals surface area contributed by atoms with Crippen molar-refractivity contribution in [2.45, 2.75) is 32.2 Å². The molecule has 1 aromatic heterocycles. The zero-order valence-electron chi connectivity index (χ0n) is 14.2. The molecule has 0 spiro atoms. The Labute approximate surface area is 149 Å². The largest absolute Gasteiger partial charge is 0.465 e. The van der Waals surface area contributed by atoms with E-state index < -0.39 is 30.2 Å². The van der Waals surface area contributed by atoms with Crippen LogP contribution in [0.15, 0.2) is 4.79 Å². The van der Waals surface area contributed by atoms with Crippen LogP contribution in [0, 0.1) is 0 Å². The van der Waals surface area contributed by atoms with Crippen LogP contribution >= 0.6 is 11.6 Å². The molecular formula is C15H22ClFN4O4. The van der Waals surface area contributed by atoms with Crippen molar-refractivity contribution in [1.82, 2.24) is 9.55 Å². The van der Waals surface area contributed by atoms with Crippen molar-refractivity contribution in [2.75, 3.05) is 31.5 Å². The van der Waals surface area contributed by atoms with Crippen molar-refractivity contribution in [2.24, 2.45) is 5.73 Å². The number of hydrogen-bond acceptors (Lipinski definition) is 6. The van der Waals surface area contributed by atoms with Crippen molar-refractivity contribution >= 4 is 29.3 Å². The van der Waals surface area contributed by atoms with E-state index in [0.29, 0.717) is 0 Å². The molecule has 10 heteroatoms. The number of methoxy groups -OCH3 is 1. The van der Waals surface area contributed by atoms with Crippen LogP contribution in [0.25, 0.3) is 0 Å². The van der Waals surface area contributed by atoms with Crippen LogP contribution in [0.5, 0.6) is 0 Å². The summed E-state index contributed by atoms with van der Waals surface area (Å²) in [6.07, 6.45) is 0.412. The molecule has 0 saturated carbocycles. The zero-order chi connectivity index (χ0) is 19.0. The van der Waals surface area contributed by atoms with Crippen molar-refractivity contribution in [3.8, 4) is 0 Å². The summed E-state index contributed by atoms with van der Waals surface area (Å²) in [4.78, 5) is 40.3. The van der Waals surface area contributed by atoms with Gasteiger partial charge >= 0.3 is 11.7 Å². The van der Waals surface area contributed by atoms with Gasteiger partial charge in [0.25, 0.3) is 0 Å². The molecule has 1 amide bonds. The highest BCUT2D eigenvalue weighted by Gasteiger charge is 2.30. The van der Waals surface area contributed by atoms with Crippen molar-refractivity contribution < 1.29 is 18.7 Å². The quantitative estimate of drug-likeness (QED) is 0.358. The first kappa shape index (κ1) is 20.9. The Morgan fingerprint density at radius 1 is 1.48 bits per heavy atom. The van der Waals surface area contributed by atoms with Gasteiger partial charge in [-0.25, -0.2) is 9.59 Å². The molecule has 8 nitrogen and oxygen atoms in total. The summed E-state index contributed by atoms with van der Waals surface area (Å²) in [6.45, 7) is 1.35. The minimum Gasteiger partial charge on any atom is -0.465 e. The topological polar surface area (TPSA) is 116 Å². The van der Waals surface area contributed by atoms with E-state index in [-0.39, 0.29) is 48.9 Å². The van der Waals surface area contributed by atoms with E-state index in [2.05, 4.69) is 10.3 Å². The molecule has 140 valence electrons. The van der Waals surface area contributed by atoms with Gasteiger partial charge in [0.05, 0.1) is 25.4 Å². The zero-order valence-corrected chi connectivity index (χ0v) is 14.9. The summed E-state index contributed by atoms with van der Waals surface area (Å²) in [6, 6.07) is 0. The highest BCUT2D eigenvalue weighted by molar-refractivity contribution is 6.17. The summed E-state index contributed by atoms with van der Waals surface area (Å²) in [7, 11) is 1.17. The van der Waals surface area contributed by atoms with E-state index in [1.807, 2.05) is 0 Å². The number of ether oxygens (including phenoxy) is 1. The lowest BCUT2D eigenvalue weighted by Gasteiger charge is -2.21. The van der Waals surface area contributed by atoms with E-state index in [1.165, 1.54) is 7.11 Å². The van der Waals surface area contributed by atoms with Crippen LogP contribution in [0.1, 0.15) is 41.7 Å². The van der Waals surface area contributed by atoms with Gasteiger partial charge in [-0.15, -0.1) is 11.6 Å². The van der Waals surface area contributed by atoms with Crippen molar-refractivity contribution in [3.63, 3.8) is 0 Å². The number of halogens is 2. The Balaban J connectivity index is 3.69. The number of nitrogens with one attached hydrogen (secondary N) is 1. The molecule has 0 aliphatic rings. The molecule has 0 aromatic carbocycles. The number of hydrogen-bond donors (Lipinski definition) is 2. The highest BCUT2D eigenvalue weighted by atomic mass is 35.5. The lowest BCUT2D eigenvalue weighted by molar-refractivity contribution is -0.119. The Kier molecular flexibility index (Phi) is 8.33. The van der Waals surface area contributed by atoms with Crippen LogP contribution < -0.4 is 16.7 Å². The van der Waals surface area contributed by atoms with Gasteiger partial charge < -0.3 is 15.8 Å². The molecule has 3 N–H and O–H groups in total. The molecule has 1 aromatic rings. The molecule has 0 bridgehead atoms. The van der Waals surface area contributed by atoms with Crippen molar-refractivity contribution in [1.29, 1.82) is 0 Å². The molecule has 0 fully saturated rings. The number of amides is 1. The Morgan fingerprint density at radius 2 is 2.16 bits per heavy atom. The predicted molar refractivity (Wildman–Crippen MR) is 91.9 cm³/mol. The van der Waals surface area contributed by atoms with Gasteiger partial charge in [-0.2, -0.15) is 4.98 Å². The fraction of sp³-hybridized carbons (Fsp3) is 0.600. The number of nitrogens with zero attached hydrogens (tertiary/aromatic N) is 2. The average Bonchev–Trinajstić information content (AvgIpc) is 2.57. The number of aromatic nitrogens is 2. The van der Waals surface area contributed by atoms with E-state index in [9.17, 15) is 18.8 Å². The second-order valence-corrected chi connectivity index (χ2v) is 5.55. The van der Waals surface area contributed by atoms with Crippen LogP contribution in [-0.2, 0) is 16.1 Å². The molecule has 1 unspecified atom stereocenters. The lowest BCUT2D eigenvalue weighted by Crippen LogP contribution is -2.34. The van der Waals surface area contributed by atoms with Gasteiger partial charge in [-0.05, 0) is 12.8 Å².